The van der Waals surface area contributed by atoms with Crippen LogP contribution in [0.1, 0.15) is 50.0 Å². The van der Waals surface area contributed by atoms with Crippen LogP contribution in [0.3, 0.4) is 0 Å². The molecule has 6 heteroatoms. The number of furan rings is 1. The normalized spacial score (nSPS) is 26.5. The zero-order valence-corrected chi connectivity index (χ0v) is 17.1. The Bertz CT molecular complexity index is 700. The molecule has 0 N–H and O–H groups in total. The van der Waals surface area contributed by atoms with Crippen LogP contribution < -0.4 is 0 Å². The summed E-state index contributed by atoms with van der Waals surface area (Å²) in [5, 5.41) is 0. The number of piperidine rings is 1. The van der Waals surface area contributed by atoms with Crippen molar-refractivity contribution in [2.75, 3.05) is 39.4 Å². The second kappa shape index (κ2) is 7.38. The van der Waals surface area contributed by atoms with Gasteiger partial charge in [-0.15, -0.1) is 0 Å². The third kappa shape index (κ3) is 3.57. The molecule has 1 spiro atoms. The number of aryl methyl sites for hydroxylation is 1. The lowest BCUT2D eigenvalue weighted by atomic mass is 9.86. The summed E-state index contributed by atoms with van der Waals surface area (Å²) in [5.41, 5.74) is 0.00911. The van der Waals surface area contributed by atoms with E-state index < -0.39 is 0 Å². The number of carbonyl (C=O) groups excluding carboxylic acids is 1. The minimum atomic E-state index is 0.00911. The molecule has 1 aromatic heterocycles. The van der Waals surface area contributed by atoms with Crippen LogP contribution in [-0.4, -0.2) is 71.7 Å². The van der Waals surface area contributed by atoms with Gasteiger partial charge in [0, 0.05) is 45.4 Å². The van der Waals surface area contributed by atoms with E-state index in [9.17, 15) is 4.79 Å². The Morgan fingerprint density at radius 2 is 1.86 bits per heavy atom. The van der Waals surface area contributed by atoms with E-state index in [0.717, 1.165) is 89.1 Å². The van der Waals surface area contributed by atoms with Crippen molar-refractivity contribution in [3.8, 4) is 0 Å². The van der Waals surface area contributed by atoms with E-state index >= 15 is 0 Å². The number of hydrogen-bond acceptors (Lipinski definition) is 4. The van der Waals surface area contributed by atoms with Gasteiger partial charge in [-0.1, -0.05) is 0 Å². The molecule has 0 unspecified atom stereocenters. The highest BCUT2D eigenvalue weighted by atomic mass is 16.5. The molecular formula is C22H33N3O3. The highest BCUT2D eigenvalue weighted by molar-refractivity contribution is 5.78. The molecule has 28 heavy (non-hydrogen) atoms. The van der Waals surface area contributed by atoms with E-state index in [1.54, 1.807) is 0 Å². The molecule has 1 saturated carbocycles. The third-order valence-corrected chi connectivity index (χ3v) is 7.17. The van der Waals surface area contributed by atoms with E-state index in [1.165, 1.54) is 12.8 Å². The number of likely N-dealkylation sites (tertiary alicyclic amines) is 1. The topological polar surface area (TPSA) is 49.2 Å². The predicted octanol–water partition coefficient (Wildman–Crippen LogP) is 3.25. The fourth-order valence-electron chi connectivity index (χ4n) is 5.43. The molecule has 0 atom stereocenters. The van der Waals surface area contributed by atoms with E-state index in [1.807, 2.05) is 13.0 Å². The van der Waals surface area contributed by atoms with Crippen molar-refractivity contribution < 1.29 is 13.9 Å². The first-order valence-electron chi connectivity index (χ1n) is 11.1. The molecule has 1 aromatic rings. The monoisotopic (exact) mass is 387 g/mol. The molecule has 4 fully saturated rings. The van der Waals surface area contributed by atoms with Crippen LogP contribution in [-0.2, 0) is 11.3 Å². The molecule has 2 amide bonds. The van der Waals surface area contributed by atoms with Crippen LogP contribution in [0.2, 0.25) is 0 Å². The van der Waals surface area contributed by atoms with Crippen LogP contribution in [0.5, 0.6) is 0 Å². The highest BCUT2D eigenvalue weighted by Gasteiger charge is 2.53. The lowest BCUT2D eigenvalue weighted by Gasteiger charge is -2.46. The summed E-state index contributed by atoms with van der Waals surface area (Å²) >= 11 is 0. The Hall–Kier alpha value is -1.53. The second-order valence-corrected chi connectivity index (χ2v) is 9.33. The Kier molecular flexibility index (Phi) is 4.87. The van der Waals surface area contributed by atoms with Crippen LogP contribution >= 0.6 is 0 Å². The smallest absolute Gasteiger partial charge is 0.320 e. The first-order chi connectivity index (χ1) is 13.6. The average molecular weight is 388 g/mol. The molecule has 3 saturated heterocycles. The number of hydrogen-bond donors (Lipinski definition) is 0. The Balaban J connectivity index is 1.26. The molecule has 154 valence electrons. The fourth-order valence-corrected chi connectivity index (χ4v) is 5.43. The standard InChI is InChI=1S/C22H33N3O3/c1-17-2-5-20(28-17)15-23-10-6-19(7-11-23)25-21(26)24(14-18-3-4-18)16-22(25)8-12-27-13-9-22/h2,5,18-19H,3-4,6-16H2,1H3. The summed E-state index contributed by atoms with van der Waals surface area (Å²) in [6, 6.07) is 4.78. The zero-order valence-electron chi connectivity index (χ0n) is 17.1. The summed E-state index contributed by atoms with van der Waals surface area (Å²) in [6.45, 7) is 8.39. The van der Waals surface area contributed by atoms with Gasteiger partial charge >= 0.3 is 6.03 Å². The number of urea groups is 1. The van der Waals surface area contributed by atoms with Crippen molar-refractivity contribution in [2.45, 2.75) is 63.6 Å². The van der Waals surface area contributed by atoms with Gasteiger partial charge < -0.3 is 19.0 Å². The Labute approximate surface area is 167 Å². The van der Waals surface area contributed by atoms with Gasteiger partial charge in [0.05, 0.1) is 12.1 Å². The quantitative estimate of drug-likeness (QED) is 0.778. The summed E-state index contributed by atoms with van der Waals surface area (Å²) in [4.78, 5) is 20.3. The first kappa shape index (κ1) is 18.5. The minimum Gasteiger partial charge on any atom is -0.465 e. The van der Waals surface area contributed by atoms with Crippen molar-refractivity contribution in [3.05, 3.63) is 23.7 Å². The zero-order chi connectivity index (χ0) is 19.1. The van der Waals surface area contributed by atoms with E-state index in [2.05, 4.69) is 20.8 Å². The predicted molar refractivity (Wildman–Crippen MR) is 106 cm³/mol. The number of ether oxygens (including phenoxy) is 1. The molecule has 1 aliphatic carbocycles. The van der Waals surface area contributed by atoms with Crippen LogP contribution in [0.15, 0.2) is 16.5 Å². The van der Waals surface area contributed by atoms with Crippen LogP contribution in [0.4, 0.5) is 4.79 Å². The first-order valence-corrected chi connectivity index (χ1v) is 11.1. The Morgan fingerprint density at radius 1 is 1.11 bits per heavy atom. The van der Waals surface area contributed by atoms with Crippen LogP contribution in [0.25, 0.3) is 0 Å². The van der Waals surface area contributed by atoms with Gasteiger partial charge in [-0.2, -0.15) is 0 Å². The van der Waals surface area contributed by atoms with Gasteiger partial charge in [0.15, 0.2) is 0 Å². The second-order valence-electron chi connectivity index (χ2n) is 9.33. The van der Waals surface area contributed by atoms with Gasteiger partial charge in [-0.3, -0.25) is 4.90 Å². The van der Waals surface area contributed by atoms with Gasteiger partial charge in [0.25, 0.3) is 0 Å². The summed E-state index contributed by atoms with van der Waals surface area (Å²) in [6.07, 6.45) is 6.70. The van der Waals surface area contributed by atoms with Crippen molar-refractivity contribution in [1.82, 2.24) is 14.7 Å². The maximum Gasteiger partial charge on any atom is 0.320 e. The van der Waals surface area contributed by atoms with E-state index in [-0.39, 0.29) is 5.54 Å². The Morgan fingerprint density at radius 3 is 2.50 bits per heavy atom. The van der Waals surface area contributed by atoms with Crippen molar-refractivity contribution in [2.24, 2.45) is 5.92 Å². The number of nitrogens with zero attached hydrogens (tertiary/aromatic N) is 3. The van der Waals surface area contributed by atoms with Crippen molar-refractivity contribution in [1.29, 1.82) is 0 Å². The molecular weight excluding hydrogens is 354 g/mol. The maximum absolute atomic E-state index is 13.4. The fraction of sp³-hybridized carbons (Fsp3) is 0.773. The van der Waals surface area contributed by atoms with Crippen molar-refractivity contribution in [3.63, 3.8) is 0 Å². The minimum absolute atomic E-state index is 0.00911. The number of amides is 2. The lowest BCUT2D eigenvalue weighted by Crippen LogP contribution is -2.57. The van der Waals surface area contributed by atoms with E-state index in [4.69, 9.17) is 9.15 Å². The molecule has 0 radical (unpaired) electrons. The molecule has 4 heterocycles. The number of rotatable bonds is 5. The molecule has 0 bridgehead atoms. The summed E-state index contributed by atoms with van der Waals surface area (Å²) in [7, 11) is 0. The molecule has 3 aliphatic heterocycles. The molecule has 6 nitrogen and oxygen atoms in total. The molecule has 0 aromatic carbocycles. The summed E-state index contributed by atoms with van der Waals surface area (Å²) < 4.78 is 11.4. The van der Waals surface area contributed by atoms with Gasteiger partial charge in [0.1, 0.15) is 11.5 Å². The SMILES string of the molecule is Cc1ccc(CN2CCC(N3C(=O)N(CC4CC4)CC34CCOCC4)CC2)o1. The van der Waals surface area contributed by atoms with E-state index in [0.29, 0.717) is 12.1 Å². The highest BCUT2D eigenvalue weighted by Crippen LogP contribution is 2.41. The van der Waals surface area contributed by atoms with Gasteiger partial charge in [-0.25, -0.2) is 4.79 Å². The van der Waals surface area contributed by atoms with Gasteiger partial charge in [-0.05, 0) is 63.5 Å². The third-order valence-electron chi connectivity index (χ3n) is 7.17. The summed E-state index contributed by atoms with van der Waals surface area (Å²) in [5.74, 6) is 2.77. The van der Waals surface area contributed by atoms with Gasteiger partial charge in [0.2, 0.25) is 0 Å². The largest absolute Gasteiger partial charge is 0.465 e. The average Bonchev–Trinajstić information content (AvgIpc) is 3.36. The number of carbonyl (C=O) groups is 1. The van der Waals surface area contributed by atoms with Crippen molar-refractivity contribution >= 4 is 6.03 Å². The maximum atomic E-state index is 13.4. The lowest BCUT2D eigenvalue weighted by molar-refractivity contribution is -0.0170. The van der Waals surface area contributed by atoms with Crippen LogP contribution in [0, 0.1) is 12.8 Å². The molecule has 4 aliphatic rings. The molecule has 5 rings (SSSR count).